The smallest absolute Gasteiger partial charge is 0.352 e. The first-order valence-electron chi connectivity index (χ1n) is 5.15. The molecule has 0 spiro atoms. The van der Waals surface area contributed by atoms with Gasteiger partial charge in [-0.15, -0.1) is 0 Å². The molecule has 1 heterocycles. The Morgan fingerprint density at radius 2 is 1.94 bits per heavy atom. The van der Waals surface area contributed by atoms with Crippen molar-refractivity contribution >= 4 is 11.8 Å². The average Bonchev–Trinajstić information content (AvgIpc) is 2.44. The Hall–Kier alpha value is -1.58. The maximum atomic E-state index is 11.2. The van der Waals surface area contributed by atoms with Gasteiger partial charge in [-0.25, -0.2) is 4.79 Å². The largest absolute Gasteiger partial charge is 0.477 e. The summed E-state index contributed by atoms with van der Waals surface area (Å²) in [6.07, 6.45) is 1.61. The number of carbonyl (C=O) groups is 2. The van der Waals surface area contributed by atoms with Gasteiger partial charge in [0.05, 0.1) is 0 Å². The number of nitrogens with zero attached hydrogens (tertiary/aromatic N) is 1. The SMILES string of the molecule is CC(=O)c1cc(C(=O)O)n(CC(C)(C)C)c1. The predicted octanol–water partition coefficient (Wildman–Crippen LogP) is 2.44. The first kappa shape index (κ1) is 12.5. The number of ketones is 1. The van der Waals surface area contributed by atoms with Gasteiger partial charge in [-0.3, -0.25) is 4.79 Å². The van der Waals surface area contributed by atoms with Crippen LogP contribution in [-0.2, 0) is 6.54 Å². The Morgan fingerprint density at radius 3 is 2.31 bits per heavy atom. The summed E-state index contributed by atoms with van der Waals surface area (Å²) in [6.45, 7) is 8.06. The third-order valence-corrected chi connectivity index (χ3v) is 2.17. The molecule has 0 unspecified atom stereocenters. The van der Waals surface area contributed by atoms with Crippen molar-refractivity contribution in [3.8, 4) is 0 Å². The van der Waals surface area contributed by atoms with Crippen LogP contribution in [0.5, 0.6) is 0 Å². The van der Waals surface area contributed by atoms with Crippen molar-refractivity contribution in [3.05, 3.63) is 23.5 Å². The van der Waals surface area contributed by atoms with Gasteiger partial charge in [0.25, 0.3) is 0 Å². The normalized spacial score (nSPS) is 11.5. The molecular weight excluding hydrogens is 206 g/mol. The lowest BCUT2D eigenvalue weighted by Crippen LogP contribution is -2.18. The zero-order valence-electron chi connectivity index (χ0n) is 10.1. The van der Waals surface area contributed by atoms with Gasteiger partial charge in [-0.05, 0) is 18.4 Å². The van der Waals surface area contributed by atoms with Gasteiger partial charge >= 0.3 is 5.97 Å². The minimum atomic E-state index is -1.00. The van der Waals surface area contributed by atoms with Crippen molar-refractivity contribution in [2.45, 2.75) is 34.2 Å². The molecule has 1 aromatic heterocycles. The molecular formula is C12H17NO3. The Bertz CT molecular complexity index is 424. The van der Waals surface area contributed by atoms with E-state index >= 15 is 0 Å². The van der Waals surface area contributed by atoms with Crippen molar-refractivity contribution in [2.24, 2.45) is 5.41 Å². The first-order chi connectivity index (χ1) is 7.20. The standard InChI is InChI=1S/C12H17NO3/c1-8(14)9-5-10(11(15)16)13(6-9)7-12(2,3)4/h5-6H,7H2,1-4H3,(H,15,16). The average molecular weight is 223 g/mol. The molecule has 0 amide bonds. The minimum Gasteiger partial charge on any atom is -0.477 e. The maximum Gasteiger partial charge on any atom is 0.352 e. The van der Waals surface area contributed by atoms with Crippen LogP contribution in [0, 0.1) is 5.41 Å². The lowest BCUT2D eigenvalue weighted by atomic mass is 9.97. The summed E-state index contributed by atoms with van der Waals surface area (Å²) < 4.78 is 1.62. The summed E-state index contributed by atoms with van der Waals surface area (Å²) >= 11 is 0. The zero-order valence-corrected chi connectivity index (χ0v) is 10.1. The summed E-state index contributed by atoms with van der Waals surface area (Å²) in [7, 11) is 0. The molecule has 0 aliphatic carbocycles. The molecule has 0 aliphatic heterocycles. The molecule has 0 atom stereocenters. The Balaban J connectivity index is 3.15. The quantitative estimate of drug-likeness (QED) is 0.800. The number of aromatic carboxylic acids is 1. The van der Waals surface area contributed by atoms with E-state index in [1.807, 2.05) is 20.8 Å². The highest BCUT2D eigenvalue weighted by atomic mass is 16.4. The van der Waals surface area contributed by atoms with Crippen molar-refractivity contribution in [2.75, 3.05) is 0 Å². The number of aromatic nitrogens is 1. The second-order valence-corrected chi connectivity index (χ2v) is 5.16. The van der Waals surface area contributed by atoms with Crippen LogP contribution in [0.4, 0.5) is 0 Å². The second-order valence-electron chi connectivity index (χ2n) is 5.16. The molecule has 4 nitrogen and oxygen atoms in total. The van der Waals surface area contributed by atoms with E-state index in [0.717, 1.165) is 0 Å². The predicted molar refractivity (Wildman–Crippen MR) is 60.9 cm³/mol. The number of hydrogen-bond donors (Lipinski definition) is 1. The molecule has 0 aromatic carbocycles. The third-order valence-electron chi connectivity index (χ3n) is 2.17. The molecule has 0 saturated carbocycles. The summed E-state index contributed by atoms with van der Waals surface area (Å²) in [5.41, 5.74) is 0.582. The molecule has 0 saturated heterocycles. The summed E-state index contributed by atoms with van der Waals surface area (Å²) in [6, 6.07) is 1.43. The van der Waals surface area contributed by atoms with Gasteiger partial charge in [-0.1, -0.05) is 20.8 Å². The van der Waals surface area contributed by atoms with Crippen LogP contribution < -0.4 is 0 Å². The van der Waals surface area contributed by atoms with Crippen LogP contribution >= 0.6 is 0 Å². The van der Waals surface area contributed by atoms with Crippen LogP contribution in [0.2, 0.25) is 0 Å². The molecule has 0 fully saturated rings. The molecule has 0 bridgehead atoms. The van der Waals surface area contributed by atoms with Crippen LogP contribution in [0.3, 0.4) is 0 Å². The van der Waals surface area contributed by atoms with Gasteiger partial charge in [-0.2, -0.15) is 0 Å². The summed E-state index contributed by atoms with van der Waals surface area (Å²) in [4.78, 5) is 22.2. The third kappa shape index (κ3) is 2.95. The molecule has 4 heteroatoms. The number of rotatable bonds is 3. The number of hydrogen-bond acceptors (Lipinski definition) is 2. The van der Waals surface area contributed by atoms with Crippen LogP contribution in [0.1, 0.15) is 48.5 Å². The summed E-state index contributed by atoms with van der Waals surface area (Å²) in [5, 5.41) is 9.03. The molecule has 1 rings (SSSR count). The van der Waals surface area contributed by atoms with Crippen LogP contribution in [-0.4, -0.2) is 21.4 Å². The topological polar surface area (TPSA) is 59.3 Å². The highest BCUT2D eigenvalue weighted by molar-refractivity contribution is 5.97. The fourth-order valence-electron chi connectivity index (χ4n) is 1.52. The van der Waals surface area contributed by atoms with Crippen molar-refractivity contribution in [1.29, 1.82) is 0 Å². The van der Waals surface area contributed by atoms with Gasteiger partial charge in [0.2, 0.25) is 0 Å². The van der Waals surface area contributed by atoms with E-state index in [1.54, 1.807) is 10.8 Å². The van der Waals surface area contributed by atoms with Crippen LogP contribution in [0.25, 0.3) is 0 Å². The number of carbonyl (C=O) groups excluding carboxylic acids is 1. The minimum absolute atomic E-state index is 0.0305. The monoisotopic (exact) mass is 223 g/mol. The van der Waals surface area contributed by atoms with Gasteiger partial charge in [0.1, 0.15) is 5.69 Å². The van der Waals surface area contributed by atoms with Crippen molar-refractivity contribution in [3.63, 3.8) is 0 Å². The molecule has 0 aliphatic rings. The highest BCUT2D eigenvalue weighted by Crippen LogP contribution is 2.20. The van der Waals surface area contributed by atoms with E-state index in [0.29, 0.717) is 12.1 Å². The lowest BCUT2D eigenvalue weighted by molar-refractivity contribution is 0.0682. The molecule has 1 N–H and O–H groups in total. The van der Waals surface area contributed by atoms with E-state index in [9.17, 15) is 9.59 Å². The Kier molecular flexibility index (Phi) is 3.21. The van der Waals surface area contributed by atoms with E-state index in [2.05, 4.69) is 0 Å². The highest BCUT2D eigenvalue weighted by Gasteiger charge is 2.19. The van der Waals surface area contributed by atoms with E-state index in [-0.39, 0.29) is 16.9 Å². The molecule has 0 radical (unpaired) electrons. The molecule has 1 aromatic rings. The maximum absolute atomic E-state index is 11.2. The van der Waals surface area contributed by atoms with E-state index in [4.69, 9.17) is 5.11 Å². The van der Waals surface area contributed by atoms with Gasteiger partial charge in [0, 0.05) is 18.3 Å². The summed E-state index contributed by atoms with van der Waals surface area (Å²) in [5.74, 6) is -1.12. The number of carboxylic acid groups (broad SMARTS) is 1. The van der Waals surface area contributed by atoms with Crippen molar-refractivity contribution in [1.82, 2.24) is 4.57 Å². The second kappa shape index (κ2) is 4.12. The van der Waals surface area contributed by atoms with Gasteiger partial charge in [0.15, 0.2) is 5.78 Å². The molecule has 88 valence electrons. The zero-order chi connectivity index (χ0) is 12.5. The Morgan fingerprint density at radius 1 is 1.38 bits per heavy atom. The van der Waals surface area contributed by atoms with Crippen molar-refractivity contribution < 1.29 is 14.7 Å². The van der Waals surface area contributed by atoms with Gasteiger partial charge < -0.3 is 9.67 Å². The number of carboxylic acids is 1. The number of Topliss-reactive ketones (excluding diaryl/α,β-unsaturated/α-hetero) is 1. The van der Waals surface area contributed by atoms with E-state index in [1.165, 1.54) is 13.0 Å². The fraction of sp³-hybridized carbons (Fsp3) is 0.500. The fourth-order valence-corrected chi connectivity index (χ4v) is 1.52. The Labute approximate surface area is 94.9 Å². The first-order valence-corrected chi connectivity index (χ1v) is 5.15. The van der Waals surface area contributed by atoms with Crippen LogP contribution in [0.15, 0.2) is 12.3 Å². The lowest BCUT2D eigenvalue weighted by Gasteiger charge is -2.20. The van der Waals surface area contributed by atoms with E-state index < -0.39 is 5.97 Å². The molecule has 16 heavy (non-hydrogen) atoms.